The highest BCUT2D eigenvalue weighted by Gasteiger charge is 2.26. The van der Waals surface area contributed by atoms with Crippen LogP contribution in [0.15, 0.2) is 24.3 Å². The van der Waals surface area contributed by atoms with Crippen LogP contribution in [0.3, 0.4) is 0 Å². The first-order valence-corrected chi connectivity index (χ1v) is 8.88. The van der Waals surface area contributed by atoms with Crippen molar-refractivity contribution in [2.45, 2.75) is 26.4 Å². The lowest BCUT2D eigenvalue weighted by molar-refractivity contribution is -0.915. The number of ether oxygens (including phenoxy) is 2. The summed E-state index contributed by atoms with van der Waals surface area (Å²) in [5, 5.41) is 10.8. The lowest BCUT2D eigenvalue weighted by atomic mass is 9.92. The summed E-state index contributed by atoms with van der Waals surface area (Å²) in [6.07, 6.45) is 0.899. The number of hydrogen-bond donors (Lipinski definition) is 2. The molecule has 23 heavy (non-hydrogen) atoms. The fourth-order valence-electron chi connectivity index (χ4n) is 3.45. The molecule has 0 bridgehead atoms. The third-order valence-electron chi connectivity index (χ3n) is 4.22. The zero-order valence-electron chi connectivity index (χ0n) is 14.1. The summed E-state index contributed by atoms with van der Waals surface area (Å²) >= 11 is 5.82. The Kier molecular flexibility index (Phi) is 7.63. The second-order valence-electron chi connectivity index (χ2n) is 6.84. The van der Waals surface area contributed by atoms with Gasteiger partial charge in [-0.3, -0.25) is 0 Å². The third kappa shape index (κ3) is 7.08. The molecule has 0 spiro atoms. The summed E-state index contributed by atoms with van der Waals surface area (Å²) in [4.78, 5) is 1.49. The van der Waals surface area contributed by atoms with Crippen molar-refractivity contribution < 1.29 is 19.5 Å². The number of quaternary nitrogens is 1. The number of aliphatic hydroxyl groups is 1. The number of hydrogen-bond acceptors (Lipinski definition) is 3. The van der Waals surface area contributed by atoms with E-state index in [1.54, 1.807) is 12.1 Å². The highest BCUT2D eigenvalue weighted by molar-refractivity contribution is 6.30. The maximum atomic E-state index is 10.1. The summed E-state index contributed by atoms with van der Waals surface area (Å²) in [5.74, 6) is 2.27. The van der Waals surface area contributed by atoms with Gasteiger partial charge in [-0.15, -0.1) is 0 Å². The van der Waals surface area contributed by atoms with Gasteiger partial charge in [0, 0.05) is 16.9 Å². The standard InChI is InChI=1S/C18H28ClNO3/c1-14-9-15(2)11-20(10-14)12-17(21)13-22-7-8-23-18-5-3-16(19)4-6-18/h3-6,14-15,17,21H,7-13H2,1-2H3/p+1/t14-,15+,17-/m0/s1. The normalized spacial score (nSPS) is 26.0. The van der Waals surface area contributed by atoms with E-state index in [1.807, 2.05) is 12.1 Å². The van der Waals surface area contributed by atoms with Crippen molar-refractivity contribution in [2.24, 2.45) is 11.8 Å². The molecule has 0 radical (unpaired) electrons. The maximum absolute atomic E-state index is 10.1. The Hall–Kier alpha value is -0.810. The molecular weight excluding hydrogens is 314 g/mol. The number of aliphatic hydroxyl groups excluding tert-OH is 1. The van der Waals surface area contributed by atoms with Crippen LogP contribution in [0.1, 0.15) is 20.3 Å². The molecule has 1 fully saturated rings. The van der Waals surface area contributed by atoms with Crippen LogP contribution in [0.4, 0.5) is 0 Å². The molecule has 0 aromatic heterocycles. The van der Waals surface area contributed by atoms with E-state index >= 15 is 0 Å². The summed E-state index contributed by atoms with van der Waals surface area (Å²) in [6, 6.07) is 7.26. The van der Waals surface area contributed by atoms with Gasteiger partial charge in [0.05, 0.1) is 26.3 Å². The third-order valence-corrected chi connectivity index (χ3v) is 4.48. The minimum Gasteiger partial charge on any atom is -0.491 e. The van der Waals surface area contributed by atoms with E-state index in [1.165, 1.54) is 11.3 Å². The average Bonchev–Trinajstić information content (AvgIpc) is 2.47. The van der Waals surface area contributed by atoms with Crippen LogP contribution < -0.4 is 9.64 Å². The van der Waals surface area contributed by atoms with Crippen LogP contribution in [0.25, 0.3) is 0 Å². The van der Waals surface area contributed by atoms with Crippen molar-refractivity contribution >= 4 is 11.6 Å². The van der Waals surface area contributed by atoms with Gasteiger partial charge in [0.1, 0.15) is 25.0 Å². The molecule has 2 rings (SSSR count). The summed E-state index contributed by atoms with van der Waals surface area (Å²) in [7, 11) is 0. The van der Waals surface area contributed by atoms with Crippen LogP contribution in [0, 0.1) is 11.8 Å². The quantitative estimate of drug-likeness (QED) is 0.706. The molecule has 0 saturated carbocycles. The highest BCUT2D eigenvalue weighted by Crippen LogP contribution is 2.15. The molecule has 1 aliphatic heterocycles. The van der Waals surface area contributed by atoms with Gasteiger partial charge in [0.2, 0.25) is 0 Å². The molecule has 0 amide bonds. The molecule has 0 aliphatic carbocycles. The monoisotopic (exact) mass is 342 g/mol. The SMILES string of the molecule is C[C@@H]1C[C@H](C)C[NH+](C[C@H](O)COCCOc2ccc(Cl)cc2)C1. The van der Waals surface area contributed by atoms with E-state index in [4.69, 9.17) is 21.1 Å². The lowest BCUT2D eigenvalue weighted by Gasteiger charge is -2.33. The van der Waals surface area contributed by atoms with Crippen molar-refractivity contribution in [1.29, 1.82) is 0 Å². The molecule has 1 aliphatic rings. The van der Waals surface area contributed by atoms with Crippen molar-refractivity contribution in [1.82, 2.24) is 0 Å². The van der Waals surface area contributed by atoms with E-state index in [2.05, 4.69) is 13.8 Å². The zero-order chi connectivity index (χ0) is 16.7. The van der Waals surface area contributed by atoms with Crippen molar-refractivity contribution in [3.8, 4) is 5.75 Å². The van der Waals surface area contributed by atoms with Gasteiger partial charge in [0.15, 0.2) is 0 Å². The molecule has 1 aromatic carbocycles. The van der Waals surface area contributed by atoms with E-state index in [0.29, 0.717) is 24.8 Å². The molecule has 1 aromatic rings. The van der Waals surface area contributed by atoms with E-state index in [0.717, 1.165) is 37.2 Å². The summed E-state index contributed by atoms with van der Waals surface area (Å²) < 4.78 is 11.1. The van der Waals surface area contributed by atoms with Crippen molar-refractivity contribution in [3.63, 3.8) is 0 Å². The predicted octanol–water partition coefficient (Wildman–Crippen LogP) is 1.66. The van der Waals surface area contributed by atoms with Crippen LogP contribution in [-0.4, -0.2) is 50.7 Å². The molecule has 130 valence electrons. The van der Waals surface area contributed by atoms with Crippen LogP contribution in [0.5, 0.6) is 5.75 Å². The largest absolute Gasteiger partial charge is 0.491 e. The topological polar surface area (TPSA) is 43.1 Å². The van der Waals surface area contributed by atoms with Crippen LogP contribution >= 0.6 is 11.6 Å². The first-order chi connectivity index (χ1) is 11.0. The van der Waals surface area contributed by atoms with E-state index in [9.17, 15) is 5.11 Å². The molecule has 1 saturated heterocycles. The maximum Gasteiger partial charge on any atom is 0.126 e. The van der Waals surface area contributed by atoms with Gasteiger partial charge < -0.3 is 19.5 Å². The first-order valence-electron chi connectivity index (χ1n) is 8.50. The Bertz CT molecular complexity index is 444. The molecule has 2 N–H and O–H groups in total. The van der Waals surface area contributed by atoms with Gasteiger partial charge in [-0.2, -0.15) is 0 Å². The number of benzene rings is 1. The Balaban J connectivity index is 1.56. The van der Waals surface area contributed by atoms with Crippen molar-refractivity contribution in [2.75, 3.05) is 39.5 Å². The Morgan fingerprint density at radius 3 is 2.48 bits per heavy atom. The van der Waals surface area contributed by atoms with Gasteiger partial charge >= 0.3 is 0 Å². The number of halogens is 1. The Morgan fingerprint density at radius 1 is 1.17 bits per heavy atom. The van der Waals surface area contributed by atoms with E-state index < -0.39 is 6.10 Å². The summed E-state index contributed by atoms with van der Waals surface area (Å²) in [6.45, 7) is 8.99. The lowest BCUT2D eigenvalue weighted by Crippen LogP contribution is -3.15. The number of nitrogens with one attached hydrogen (secondary N) is 1. The molecule has 4 nitrogen and oxygen atoms in total. The zero-order valence-corrected chi connectivity index (χ0v) is 14.9. The number of rotatable bonds is 8. The molecule has 4 atom stereocenters. The second-order valence-corrected chi connectivity index (χ2v) is 7.28. The molecule has 5 heteroatoms. The van der Waals surface area contributed by atoms with E-state index in [-0.39, 0.29) is 0 Å². The highest BCUT2D eigenvalue weighted by atomic mass is 35.5. The van der Waals surface area contributed by atoms with Gasteiger partial charge in [-0.1, -0.05) is 25.4 Å². The van der Waals surface area contributed by atoms with Gasteiger partial charge in [-0.05, 0) is 30.7 Å². The van der Waals surface area contributed by atoms with Crippen LogP contribution in [-0.2, 0) is 4.74 Å². The summed E-state index contributed by atoms with van der Waals surface area (Å²) in [5.41, 5.74) is 0. The van der Waals surface area contributed by atoms with Gasteiger partial charge in [-0.25, -0.2) is 0 Å². The van der Waals surface area contributed by atoms with Crippen LogP contribution in [0.2, 0.25) is 5.02 Å². The number of piperidine rings is 1. The van der Waals surface area contributed by atoms with Crippen molar-refractivity contribution in [3.05, 3.63) is 29.3 Å². The van der Waals surface area contributed by atoms with Gasteiger partial charge in [0.25, 0.3) is 0 Å². The Labute approximate surface area is 144 Å². The molecular formula is C18H29ClNO3+. The average molecular weight is 343 g/mol. The smallest absolute Gasteiger partial charge is 0.126 e. The minimum absolute atomic E-state index is 0.371. The first kappa shape index (κ1) is 18.5. The fraction of sp³-hybridized carbons (Fsp3) is 0.667. The second kappa shape index (κ2) is 9.48. The fourth-order valence-corrected chi connectivity index (χ4v) is 3.58. The predicted molar refractivity (Wildman–Crippen MR) is 92.3 cm³/mol. The minimum atomic E-state index is -0.405. The molecule has 1 heterocycles. The number of likely N-dealkylation sites (tertiary alicyclic amines) is 1. The molecule has 1 unspecified atom stereocenters. The Morgan fingerprint density at radius 2 is 1.83 bits per heavy atom.